The lowest BCUT2D eigenvalue weighted by Gasteiger charge is -2.36. The van der Waals surface area contributed by atoms with Gasteiger partial charge in [0, 0.05) is 38.6 Å². The molecule has 1 atom stereocenters. The SMILES string of the molecule is COCCC(=O)Nc1cn(C(=O)OC(C)(C)C)c2ncc(C3CC3)c(N3CCC[C@@H](NC(=O)OC(C)(C)C)C3)c12. The van der Waals surface area contributed by atoms with Crippen LogP contribution in [0.3, 0.4) is 0 Å². The van der Waals surface area contributed by atoms with Gasteiger partial charge in [-0.05, 0) is 78.7 Å². The zero-order valence-corrected chi connectivity index (χ0v) is 24.8. The monoisotopic (exact) mass is 557 g/mol. The summed E-state index contributed by atoms with van der Waals surface area (Å²) in [4.78, 5) is 45.6. The third-order valence-electron chi connectivity index (χ3n) is 6.69. The number of fused-ring (bicyclic) bond motifs is 1. The van der Waals surface area contributed by atoms with E-state index < -0.39 is 23.4 Å². The summed E-state index contributed by atoms with van der Waals surface area (Å²) in [5.74, 6) is 0.129. The summed E-state index contributed by atoms with van der Waals surface area (Å²) < 4.78 is 17.6. The van der Waals surface area contributed by atoms with Crippen LogP contribution in [0.25, 0.3) is 11.0 Å². The second kappa shape index (κ2) is 11.6. The normalized spacial score (nSPS) is 18.0. The Morgan fingerprint density at radius 2 is 1.75 bits per heavy atom. The molecular weight excluding hydrogens is 514 g/mol. The molecule has 2 fully saturated rings. The zero-order chi connectivity index (χ0) is 29.2. The number of hydrogen-bond acceptors (Lipinski definition) is 8. The van der Waals surface area contributed by atoms with Crippen LogP contribution < -0.4 is 15.5 Å². The van der Waals surface area contributed by atoms with Crippen molar-refractivity contribution >= 4 is 40.5 Å². The van der Waals surface area contributed by atoms with E-state index in [0.717, 1.165) is 43.5 Å². The number of anilines is 2. The van der Waals surface area contributed by atoms with Crippen LogP contribution in [0.2, 0.25) is 0 Å². The average Bonchev–Trinajstić information content (AvgIpc) is 3.62. The molecule has 0 unspecified atom stereocenters. The molecule has 0 bridgehead atoms. The fraction of sp³-hybridized carbons (Fsp3) is 0.655. The average molecular weight is 558 g/mol. The minimum Gasteiger partial charge on any atom is -0.444 e. The number of aromatic nitrogens is 2. The topological polar surface area (TPSA) is 124 Å². The van der Waals surface area contributed by atoms with Gasteiger partial charge >= 0.3 is 12.2 Å². The number of pyridine rings is 1. The number of amides is 2. The smallest absolute Gasteiger partial charge is 0.420 e. The van der Waals surface area contributed by atoms with E-state index in [9.17, 15) is 14.4 Å². The Bertz CT molecular complexity index is 1250. The molecule has 220 valence electrons. The van der Waals surface area contributed by atoms with Crippen molar-refractivity contribution in [3.05, 3.63) is 18.0 Å². The third kappa shape index (κ3) is 7.44. The fourth-order valence-corrected chi connectivity index (χ4v) is 4.95. The van der Waals surface area contributed by atoms with Gasteiger partial charge in [0.15, 0.2) is 5.65 Å². The molecule has 1 saturated carbocycles. The second-order valence-corrected chi connectivity index (χ2v) is 12.7. The maximum atomic E-state index is 13.2. The predicted molar refractivity (Wildman–Crippen MR) is 153 cm³/mol. The summed E-state index contributed by atoms with van der Waals surface area (Å²) in [6.45, 7) is 12.5. The maximum Gasteiger partial charge on any atom is 0.420 e. The van der Waals surface area contributed by atoms with Crippen molar-refractivity contribution in [3.63, 3.8) is 0 Å². The molecule has 40 heavy (non-hydrogen) atoms. The Hall–Kier alpha value is -3.34. The minimum atomic E-state index is -0.709. The van der Waals surface area contributed by atoms with E-state index in [1.807, 2.05) is 27.0 Å². The molecule has 1 saturated heterocycles. The van der Waals surface area contributed by atoms with Crippen LogP contribution in [0.5, 0.6) is 0 Å². The highest BCUT2D eigenvalue weighted by Gasteiger charge is 2.35. The van der Waals surface area contributed by atoms with Gasteiger partial charge in [-0.25, -0.2) is 19.1 Å². The molecule has 1 aliphatic heterocycles. The number of methoxy groups -OCH3 is 1. The largest absolute Gasteiger partial charge is 0.444 e. The first-order valence-electron chi connectivity index (χ1n) is 14.1. The molecule has 11 heteroatoms. The number of ether oxygens (including phenoxy) is 3. The number of rotatable bonds is 7. The number of nitrogens with one attached hydrogen (secondary N) is 2. The molecule has 0 aromatic carbocycles. The highest BCUT2D eigenvalue weighted by Crippen LogP contribution is 2.48. The van der Waals surface area contributed by atoms with Crippen LogP contribution in [0.4, 0.5) is 21.0 Å². The third-order valence-corrected chi connectivity index (χ3v) is 6.69. The Labute approximate surface area is 235 Å². The van der Waals surface area contributed by atoms with E-state index in [1.54, 1.807) is 34.1 Å². The summed E-state index contributed by atoms with van der Waals surface area (Å²) in [6, 6.07) is -0.119. The van der Waals surface area contributed by atoms with Crippen molar-refractivity contribution in [2.75, 3.05) is 37.0 Å². The molecule has 1 aliphatic carbocycles. The molecule has 11 nitrogen and oxygen atoms in total. The Morgan fingerprint density at radius 3 is 2.38 bits per heavy atom. The van der Waals surface area contributed by atoms with Crippen LogP contribution >= 0.6 is 0 Å². The van der Waals surface area contributed by atoms with E-state index in [2.05, 4.69) is 15.5 Å². The summed E-state index contributed by atoms with van der Waals surface area (Å²) >= 11 is 0. The Kier molecular flexibility index (Phi) is 8.63. The number of piperidine rings is 1. The summed E-state index contributed by atoms with van der Waals surface area (Å²) in [6.07, 6.45) is 6.38. The van der Waals surface area contributed by atoms with E-state index in [4.69, 9.17) is 19.2 Å². The quantitative estimate of drug-likeness (QED) is 0.478. The number of carbonyl (C=O) groups excluding carboxylic acids is 3. The van der Waals surface area contributed by atoms with E-state index in [0.29, 0.717) is 29.2 Å². The molecule has 2 N–H and O–H groups in total. The first-order valence-corrected chi connectivity index (χ1v) is 14.1. The van der Waals surface area contributed by atoms with Gasteiger partial charge in [-0.3, -0.25) is 4.79 Å². The summed E-state index contributed by atoms with van der Waals surface area (Å²) in [5.41, 5.74) is 1.63. The van der Waals surface area contributed by atoms with Gasteiger partial charge in [-0.15, -0.1) is 0 Å². The van der Waals surface area contributed by atoms with Crippen LogP contribution in [-0.4, -0.2) is 71.7 Å². The predicted octanol–water partition coefficient (Wildman–Crippen LogP) is 5.17. The lowest BCUT2D eigenvalue weighted by molar-refractivity contribution is -0.117. The molecule has 4 rings (SSSR count). The van der Waals surface area contributed by atoms with Crippen LogP contribution in [0, 0.1) is 0 Å². The molecule has 2 amide bonds. The minimum absolute atomic E-state index is 0.119. The molecule has 2 aromatic heterocycles. The second-order valence-electron chi connectivity index (χ2n) is 12.7. The number of alkyl carbamates (subject to hydrolysis) is 1. The van der Waals surface area contributed by atoms with Crippen molar-refractivity contribution in [1.82, 2.24) is 14.9 Å². The van der Waals surface area contributed by atoms with Crippen molar-refractivity contribution in [1.29, 1.82) is 0 Å². The van der Waals surface area contributed by atoms with Crippen molar-refractivity contribution in [2.45, 2.75) is 96.8 Å². The zero-order valence-electron chi connectivity index (χ0n) is 24.8. The van der Waals surface area contributed by atoms with E-state index >= 15 is 0 Å². The van der Waals surface area contributed by atoms with Crippen LogP contribution in [0.1, 0.15) is 85.1 Å². The highest BCUT2D eigenvalue weighted by atomic mass is 16.6. The Morgan fingerprint density at radius 1 is 1.05 bits per heavy atom. The Balaban J connectivity index is 1.76. The molecule has 0 spiro atoms. The van der Waals surface area contributed by atoms with Crippen LogP contribution in [0.15, 0.2) is 12.4 Å². The molecule has 2 aromatic rings. The highest BCUT2D eigenvalue weighted by molar-refractivity contribution is 6.09. The first-order chi connectivity index (χ1) is 18.8. The number of nitrogens with zero attached hydrogens (tertiary/aromatic N) is 3. The van der Waals surface area contributed by atoms with Gasteiger partial charge in [-0.2, -0.15) is 0 Å². The lowest BCUT2D eigenvalue weighted by atomic mass is 10.0. The molecule has 2 aliphatic rings. The number of carbonyl (C=O) groups is 3. The van der Waals surface area contributed by atoms with Gasteiger partial charge < -0.3 is 29.7 Å². The fourth-order valence-electron chi connectivity index (χ4n) is 4.95. The van der Waals surface area contributed by atoms with Gasteiger partial charge in [0.1, 0.15) is 11.2 Å². The molecular formula is C29H43N5O6. The van der Waals surface area contributed by atoms with Gasteiger partial charge in [0.25, 0.3) is 0 Å². The lowest BCUT2D eigenvalue weighted by Crippen LogP contribution is -2.49. The van der Waals surface area contributed by atoms with Gasteiger partial charge in [0.05, 0.1) is 29.8 Å². The van der Waals surface area contributed by atoms with Gasteiger partial charge in [0.2, 0.25) is 5.91 Å². The standard InChI is InChI=1S/C29H43N5O6/c1-28(2,3)39-26(36)31-19-9-8-13-33(16-19)24-20(18-10-11-18)15-30-25-23(24)21(32-22(35)12-14-38-7)17-34(25)27(37)40-29(4,5)6/h15,17-19H,8-14,16H2,1-7H3,(H,31,36)(H,32,35)/t19-/m1/s1. The van der Waals surface area contributed by atoms with Crippen molar-refractivity contribution in [2.24, 2.45) is 0 Å². The van der Waals surface area contributed by atoms with Crippen LogP contribution in [-0.2, 0) is 19.0 Å². The van der Waals surface area contributed by atoms with E-state index in [-0.39, 0.29) is 25.0 Å². The maximum absolute atomic E-state index is 13.2. The van der Waals surface area contributed by atoms with Crippen molar-refractivity contribution < 1.29 is 28.6 Å². The van der Waals surface area contributed by atoms with Crippen molar-refractivity contribution in [3.8, 4) is 0 Å². The molecule has 3 heterocycles. The van der Waals surface area contributed by atoms with E-state index in [1.165, 1.54) is 4.57 Å². The summed E-state index contributed by atoms with van der Waals surface area (Å²) in [5, 5.41) is 6.71. The summed E-state index contributed by atoms with van der Waals surface area (Å²) in [7, 11) is 1.55. The molecule has 0 radical (unpaired) electrons. The first kappa shape index (κ1) is 29.6. The van der Waals surface area contributed by atoms with Gasteiger partial charge in [-0.1, -0.05) is 0 Å². The number of hydrogen-bond donors (Lipinski definition) is 2.